The van der Waals surface area contributed by atoms with E-state index in [1.807, 2.05) is 25.1 Å². The van der Waals surface area contributed by atoms with Gasteiger partial charge in [-0.15, -0.1) is 0 Å². The maximum Gasteiger partial charge on any atom is 0.175 e. The molecule has 0 bridgehead atoms. The standard InChI is InChI=1S/C16H13NO2S/c1-12-2-8-15(9-3-12)20(19)11-16(18)14-6-4-13(10-17)5-7-14/h2-9H,11H2,1H3. The van der Waals surface area contributed by atoms with Crippen LogP contribution in [0.2, 0.25) is 0 Å². The number of carbonyl (C=O) groups excluding carboxylic acids is 1. The van der Waals surface area contributed by atoms with Crippen LogP contribution in [0.3, 0.4) is 0 Å². The Balaban J connectivity index is 2.09. The molecule has 4 heteroatoms. The Morgan fingerprint density at radius 2 is 1.70 bits per heavy atom. The Labute approximate surface area is 120 Å². The van der Waals surface area contributed by atoms with Crippen LogP contribution in [0.25, 0.3) is 0 Å². The Morgan fingerprint density at radius 3 is 2.25 bits per heavy atom. The van der Waals surface area contributed by atoms with Gasteiger partial charge in [-0.3, -0.25) is 9.00 Å². The summed E-state index contributed by atoms with van der Waals surface area (Å²) in [5, 5.41) is 8.70. The van der Waals surface area contributed by atoms with Crippen LogP contribution in [-0.4, -0.2) is 15.7 Å². The van der Waals surface area contributed by atoms with Crippen molar-refractivity contribution in [1.29, 1.82) is 5.26 Å². The lowest BCUT2D eigenvalue weighted by Crippen LogP contribution is -2.11. The molecule has 0 saturated heterocycles. The summed E-state index contributed by atoms with van der Waals surface area (Å²) >= 11 is 0. The zero-order valence-corrected chi connectivity index (χ0v) is 11.8. The highest BCUT2D eigenvalue weighted by Gasteiger charge is 2.12. The second-order valence-corrected chi connectivity index (χ2v) is 5.87. The van der Waals surface area contributed by atoms with Crippen LogP contribution >= 0.6 is 0 Å². The van der Waals surface area contributed by atoms with E-state index in [4.69, 9.17) is 5.26 Å². The van der Waals surface area contributed by atoms with E-state index in [0.717, 1.165) is 5.56 Å². The quantitative estimate of drug-likeness (QED) is 0.811. The highest BCUT2D eigenvalue weighted by molar-refractivity contribution is 7.85. The smallest absolute Gasteiger partial charge is 0.175 e. The number of Topliss-reactive ketones (excluding diaryl/α,β-unsaturated/α-hetero) is 1. The minimum atomic E-state index is -1.34. The van der Waals surface area contributed by atoms with Gasteiger partial charge in [0.25, 0.3) is 0 Å². The van der Waals surface area contributed by atoms with Crippen molar-refractivity contribution >= 4 is 16.6 Å². The number of benzene rings is 2. The lowest BCUT2D eigenvalue weighted by molar-refractivity contribution is 0.102. The molecule has 0 aliphatic rings. The van der Waals surface area contributed by atoms with E-state index in [9.17, 15) is 9.00 Å². The number of ketones is 1. The molecule has 0 aromatic heterocycles. The summed E-state index contributed by atoms with van der Waals surface area (Å²) < 4.78 is 12.1. The van der Waals surface area contributed by atoms with Gasteiger partial charge in [0.05, 0.1) is 28.2 Å². The Bertz CT molecular complexity index is 682. The summed E-state index contributed by atoms with van der Waals surface area (Å²) in [6, 6.07) is 15.6. The van der Waals surface area contributed by atoms with Crippen molar-refractivity contribution in [1.82, 2.24) is 0 Å². The summed E-state index contributed by atoms with van der Waals surface area (Å²) in [5.74, 6) is -0.233. The van der Waals surface area contributed by atoms with Crippen molar-refractivity contribution in [3.8, 4) is 6.07 Å². The highest BCUT2D eigenvalue weighted by atomic mass is 32.2. The number of hydrogen-bond donors (Lipinski definition) is 0. The molecule has 1 unspecified atom stereocenters. The van der Waals surface area contributed by atoms with Crippen LogP contribution in [0.1, 0.15) is 21.5 Å². The van der Waals surface area contributed by atoms with Gasteiger partial charge in [0.15, 0.2) is 5.78 Å². The fourth-order valence-electron chi connectivity index (χ4n) is 1.71. The first kappa shape index (κ1) is 14.2. The second-order valence-electron chi connectivity index (χ2n) is 4.42. The molecule has 0 saturated carbocycles. The molecule has 0 N–H and O–H groups in total. The molecule has 0 amide bonds. The number of hydrogen-bond acceptors (Lipinski definition) is 3. The average molecular weight is 283 g/mol. The number of aryl methyl sites for hydroxylation is 1. The van der Waals surface area contributed by atoms with Crippen LogP contribution < -0.4 is 0 Å². The third-order valence-corrected chi connectivity index (χ3v) is 4.20. The Morgan fingerprint density at radius 1 is 1.10 bits per heavy atom. The first-order valence-electron chi connectivity index (χ1n) is 6.08. The lowest BCUT2D eigenvalue weighted by atomic mass is 10.1. The molecule has 1 atom stereocenters. The van der Waals surface area contributed by atoms with Crippen LogP contribution in [0.4, 0.5) is 0 Å². The van der Waals surface area contributed by atoms with Crippen molar-refractivity contribution in [3.05, 3.63) is 65.2 Å². The molecule has 2 aromatic carbocycles. The first-order chi connectivity index (χ1) is 9.60. The predicted molar refractivity (Wildman–Crippen MR) is 77.9 cm³/mol. The van der Waals surface area contributed by atoms with Gasteiger partial charge in [-0.25, -0.2) is 0 Å². The van der Waals surface area contributed by atoms with Crippen molar-refractivity contribution in [2.75, 3.05) is 5.75 Å². The van der Waals surface area contributed by atoms with Gasteiger partial charge in [-0.05, 0) is 31.2 Å². The van der Waals surface area contributed by atoms with E-state index in [1.165, 1.54) is 0 Å². The average Bonchev–Trinajstić information content (AvgIpc) is 2.48. The molecule has 0 aliphatic carbocycles. The Kier molecular flexibility index (Phi) is 4.44. The Hall–Kier alpha value is -2.25. The number of nitrogens with zero attached hydrogens (tertiary/aromatic N) is 1. The van der Waals surface area contributed by atoms with Crippen molar-refractivity contribution < 1.29 is 9.00 Å². The predicted octanol–water partition coefficient (Wildman–Crippen LogP) is 2.86. The van der Waals surface area contributed by atoms with Gasteiger partial charge in [-0.2, -0.15) is 5.26 Å². The number of nitriles is 1. The number of rotatable bonds is 4. The van der Waals surface area contributed by atoms with Gasteiger partial charge in [0, 0.05) is 10.5 Å². The molecule has 20 heavy (non-hydrogen) atoms. The summed E-state index contributed by atoms with van der Waals surface area (Å²) in [4.78, 5) is 12.7. The van der Waals surface area contributed by atoms with Gasteiger partial charge in [0.2, 0.25) is 0 Å². The van der Waals surface area contributed by atoms with Crippen molar-refractivity contribution in [3.63, 3.8) is 0 Å². The molecule has 0 fully saturated rings. The fourth-order valence-corrected chi connectivity index (χ4v) is 2.72. The lowest BCUT2D eigenvalue weighted by Gasteiger charge is -2.03. The van der Waals surface area contributed by atoms with E-state index in [-0.39, 0.29) is 11.5 Å². The van der Waals surface area contributed by atoms with E-state index in [2.05, 4.69) is 0 Å². The third-order valence-electron chi connectivity index (χ3n) is 2.88. The van der Waals surface area contributed by atoms with Crippen LogP contribution in [0.15, 0.2) is 53.4 Å². The van der Waals surface area contributed by atoms with Gasteiger partial charge < -0.3 is 0 Å². The minimum absolute atomic E-state index is 0.0467. The molecule has 3 nitrogen and oxygen atoms in total. The minimum Gasteiger partial charge on any atom is -0.293 e. The number of carbonyl (C=O) groups is 1. The second kappa shape index (κ2) is 6.27. The maximum absolute atomic E-state index is 12.1. The summed E-state index contributed by atoms with van der Waals surface area (Å²) in [7, 11) is -1.34. The van der Waals surface area contributed by atoms with Gasteiger partial charge in [-0.1, -0.05) is 29.8 Å². The molecule has 2 aromatic rings. The van der Waals surface area contributed by atoms with E-state index < -0.39 is 10.8 Å². The molecule has 0 aliphatic heterocycles. The molecular weight excluding hydrogens is 270 g/mol. The van der Waals surface area contributed by atoms with E-state index >= 15 is 0 Å². The molecule has 0 spiro atoms. The summed E-state index contributed by atoms with van der Waals surface area (Å²) in [6.07, 6.45) is 0. The molecule has 0 radical (unpaired) electrons. The topological polar surface area (TPSA) is 57.9 Å². The molecule has 2 rings (SSSR count). The van der Waals surface area contributed by atoms with Crippen LogP contribution in [-0.2, 0) is 10.8 Å². The highest BCUT2D eigenvalue weighted by Crippen LogP contribution is 2.11. The zero-order chi connectivity index (χ0) is 14.5. The normalized spacial score (nSPS) is 11.6. The van der Waals surface area contributed by atoms with E-state index in [1.54, 1.807) is 36.4 Å². The molecule has 100 valence electrons. The van der Waals surface area contributed by atoms with Crippen LogP contribution in [0, 0.1) is 18.3 Å². The maximum atomic E-state index is 12.1. The first-order valence-corrected chi connectivity index (χ1v) is 7.40. The van der Waals surface area contributed by atoms with Gasteiger partial charge in [0.1, 0.15) is 0 Å². The van der Waals surface area contributed by atoms with Crippen molar-refractivity contribution in [2.45, 2.75) is 11.8 Å². The third kappa shape index (κ3) is 3.40. The van der Waals surface area contributed by atoms with E-state index in [0.29, 0.717) is 16.0 Å². The molecular formula is C16H13NO2S. The zero-order valence-electron chi connectivity index (χ0n) is 11.0. The van der Waals surface area contributed by atoms with Gasteiger partial charge >= 0.3 is 0 Å². The fraction of sp³-hybridized carbons (Fsp3) is 0.125. The van der Waals surface area contributed by atoms with Crippen LogP contribution in [0.5, 0.6) is 0 Å². The largest absolute Gasteiger partial charge is 0.293 e. The summed E-state index contributed by atoms with van der Waals surface area (Å²) in [6.45, 7) is 1.95. The molecule has 0 heterocycles. The SMILES string of the molecule is Cc1ccc(S(=O)CC(=O)c2ccc(C#N)cc2)cc1. The summed E-state index contributed by atoms with van der Waals surface area (Å²) in [5.41, 5.74) is 2.06. The monoisotopic (exact) mass is 283 g/mol. The van der Waals surface area contributed by atoms with Crippen molar-refractivity contribution in [2.24, 2.45) is 0 Å².